The molecule has 13 rings (SSSR count). The van der Waals surface area contributed by atoms with Gasteiger partial charge in [-0.05, 0) is 143 Å². The molecule has 300 valence electrons. The van der Waals surface area contributed by atoms with E-state index in [1.165, 1.54) is 75.6 Å². The topological polar surface area (TPSA) is 21.3 Å². The van der Waals surface area contributed by atoms with Gasteiger partial charge in [0.25, 0.3) is 0 Å². The van der Waals surface area contributed by atoms with Gasteiger partial charge in [-0.3, -0.25) is 0 Å². The summed E-state index contributed by atoms with van der Waals surface area (Å²) in [4.78, 5) is 2.51. The number of para-hydroxylation sites is 3. The fourth-order valence-electron chi connectivity index (χ4n) is 12.9. The van der Waals surface area contributed by atoms with Crippen molar-refractivity contribution in [2.45, 2.75) is 44.9 Å². The van der Waals surface area contributed by atoms with E-state index in [-0.39, 0.29) is 5.41 Å². The van der Waals surface area contributed by atoms with Crippen molar-refractivity contribution in [2.24, 2.45) is 23.7 Å². The minimum atomic E-state index is -0.0124. The minimum absolute atomic E-state index is 0.0124. The Bertz CT molecular complexity index is 3320. The Labute approximate surface area is 362 Å². The molecule has 8 aromatic carbocycles. The summed E-state index contributed by atoms with van der Waals surface area (Å²) in [6.07, 6.45) is 5.14. The summed E-state index contributed by atoms with van der Waals surface area (Å²) in [5.74, 6) is 2.71. The molecule has 0 N–H and O–H groups in total. The second kappa shape index (κ2) is 13.6. The van der Waals surface area contributed by atoms with Crippen molar-refractivity contribution in [1.29, 1.82) is 0 Å². The van der Waals surface area contributed by atoms with Crippen LogP contribution in [0.1, 0.15) is 50.7 Å². The number of fused-ring (bicyclic) bond motifs is 8. The standard InChI is InChI=1S/C59H48N2O/c1-37-32-43-34-38(2)35-44(33-37)59(43)50-16-8-10-18-53(50)61-52-17-9-6-15-49(52)57-54(31-30-51(59)58(57)61)60(45-25-20-40(21-26-45)39-12-4-3-5-13-39)46-27-22-41(23-28-46)42-24-29-48-47-14-7-11-19-55(47)62-56(48)36-42/h3-31,36-38,43-44H,32-35H2,1-2H3. The molecule has 3 heterocycles. The van der Waals surface area contributed by atoms with Crippen LogP contribution in [0.25, 0.3) is 71.7 Å². The number of anilines is 3. The zero-order valence-corrected chi connectivity index (χ0v) is 35.3. The highest BCUT2D eigenvalue weighted by atomic mass is 16.3. The molecule has 0 unspecified atom stereocenters. The summed E-state index contributed by atoms with van der Waals surface area (Å²) in [6.45, 7) is 5.02. The van der Waals surface area contributed by atoms with Gasteiger partial charge in [-0.1, -0.05) is 135 Å². The van der Waals surface area contributed by atoms with E-state index in [2.05, 4.69) is 199 Å². The van der Waals surface area contributed by atoms with Crippen molar-refractivity contribution in [3.8, 4) is 27.9 Å². The number of benzene rings is 8. The van der Waals surface area contributed by atoms with Gasteiger partial charge in [0.1, 0.15) is 11.2 Å². The lowest BCUT2D eigenvalue weighted by atomic mass is 9.46. The molecule has 2 bridgehead atoms. The molecule has 62 heavy (non-hydrogen) atoms. The number of aromatic nitrogens is 1. The van der Waals surface area contributed by atoms with E-state index in [0.29, 0.717) is 11.8 Å². The van der Waals surface area contributed by atoms with Crippen molar-refractivity contribution >= 4 is 60.8 Å². The molecule has 3 heteroatoms. The average molecular weight is 801 g/mol. The third-order valence-corrected chi connectivity index (χ3v) is 15.2. The highest BCUT2D eigenvalue weighted by molar-refractivity contribution is 6.18. The molecule has 0 saturated heterocycles. The Balaban J connectivity index is 1.04. The summed E-state index contributed by atoms with van der Waals surface area (Å²) in [7, 11) is 0. The van der Waals surface area contributed by atoms with Gasteiger partial charge in [0.05, 0.1) is 22.4 Å². The number of rotatable bonds is 5. The van der Waals surface area contributed by atoms with E-state index in [4.69, 9.17) is 4.42 Å². The quantitative estimate of drug-likeness (QED) is 0.173. The van der Waals surface area contributed by atoms with Crippen LogP contribution in [0.2, 0.25) is 0 Å². The largest absolute Gasteiger partial charge is 0.456 e. The minimum Gasteiger partial charge on any atom is -0.456 e. The molecule has 0 amide bonds. The third-order valence-electron chi connectivity index (χ3n) is 15.2. The van der Waals surface area contributed by atoms with E-state index in [1.54, 1.807) is 5.56 Å². The van der Waals surface area contributed by atoms with Crippen molar-refractivity contribution in [1.82, 2.24) is 4.57 Å². The molecule has 2 aliphatic carbocycles. The molecule has 2 aromatic heterocycles. The fourth-order valence-corrected chi connectivity index (χ4v) is 12.9. The monoisotopic (exact) mass is 800 g/mol. The molecule has 1 spiro atoms. The van der Waals surface area contributed by atoms with E-state index in [1.807, 2.05) is 6.07 Å². The second-order valence-corrected chi connectivity index (χ2v) is 18.7. The Kier molecular flexibility index (Phi) is 7.86. The number of nitrogens with zero attached hydrogens (tertiary/aromatic N) is 2. The molecule has 2 saturated carbocycles. The van der Waals surface area contributed by atoms with Gasteiger partial charge in [0.15, 0.2) is 0 Å². The first-order chi connectivity index (χ1) is 30.5. The maximum Gasteiger partial charge on any atom is 0.136 e. The molecule has 10 aromatic rings. The summed E-state index contributed by atoms with van der Waals surface area (Å²) in [5.41, 5.74) is 17.1. The van der Waals surface area contributed by atoms with Crippen LogP contribution in [0.15, 0.2) is 186 Å². The zero-order valence-electron chi connectivity index (χ0n) is 35.3. The summed E-state index contributed by atoms with van der Waals surface area (Å²) < 4.78 is 8.96. The predicted octanol–water partition coefficient (Wildman–Crippen LogP) is 16.2. The lowest BCUT2D eigenvalue weighted by Crippen LogP contribution is -2.53. The van der Waals surface area contributed by atoms with E-state index < -0.39 is 0 Å². The van der Waals surface area contributed by atoms with Crippen molar-refractivity contribution in [3.05, 3.63) is 193 Å². The van der Waals surface area contributed by atoms with Crippen LogP contribution in [-0.2, 0) is 5.41 Å². The third kappa shape index (κ3) is 5.11. The molecule has 0 atom stereocenters. The van der Waals surface area contributed by atoms with Gasteiger partial charge < -0.3 is 13.9 Å². The van der Waals surface area contributed by atoms with Gasteiger partial charge in [-0.25, -0.2) is 0 Å². The molecule has 1 aliphatic heterocycles. The Morgan fingerprint density at radius 1 is 0.484 bits per heavy atom. The van der Waals surface area contributed by atoms with Crippen LogP contribution in [0.3, 0.4) is 0 Å². The highest BCUT2D eigenvalue weighted by Gasteiger charge is 2.57. The Morgan fingerprint density at radius 2 is 1.05 bits per heavy atom. The first-order valence-corrected chi connectivity index (χ1v) is 22.7. The molecule has 3 nitrogen and oxygen atoms in total. The maximum atomic E-state index is 6.32. The number of hydrogen-bond donors (Lipinski definition) is 0. The molecule has 0 radical (unpaired) electrons. The van der Waals surface area contributed by atoms with E-state index in [9.17, 15) is 0 Å². The van der Waals surface area contributed by atoms with Gasteiger partial charge >= 0.3 is 0 Å². The predicted molar refractivity (Wildman–Crippen MR) is 258 cm³/mol. The molecular formula is C59H48N2O. The normalized spacial score (nSPS) is 21.5. The second-order valence-electron chi connectivity index (χ2n) is 18.7. The van der Waals surface area contributed by atoms with E-state index >= 15 is 0 Å². The first-order valence-electron chi connectivity index (χ1n) is 22.7. The fraction of sp³-hybridized carbons (Fsp3) is 0.186. The van der Waals surface area contributed by atoms with Crippen molar-refractivity contribution < 1.29 is 4.42 Å². The summed E-state index contributed by atoms with van der Waals surface area (Å²) in [6, 6.07) is 67.7. The van der Waals surface area contributed by atoms with E-state index in [0.717, 1.165) is 56.3 Å². The maximum absolute atomic E-state index is 6.32. The van der Waals surface area contributed by atoms with Crippen LogP contribution < -0.4 is 4.90 Å². The molecular weight excluding hydrogens is 753 g/mol. The van der Waals surface area contributed by atoms with Crippen LogP contribution in [-0.4, -0.2) is 4.57 Å². The van der Waals surface area contributed by atoms with Gasteiger partial charge in [0.2, 0.25) is 0 Å². The van der Waals surface area contributed by atoms with Crippen molar-refractivity contribution in [2.75, 3.05) is 4.90 Å². The lowest BCUT2D eigenvalue weighted by molar-refractivity contribution is 0.0271. The van der Waals surface area contributed by atoms with Gasteiger partial charge in [-0.15, -0.1) is 0 Å². The SMILES string of the molecule is CC1CC2CC(C)CC(C1)C21c2ccccc2-n2c3ccccc3c3c(N(c4ccc(-c5ccccc5)cc4)c4ccc(-c5ccc6c(c5)oc5ccccc56)cc4)ccc1c32. The number of furan rings is 1. The van der Waals surface area contributed by atoms with Crippen LogP contribution >= 0.6 is 0 Å². The van der Waals surface area contributed by atoms with Gasteiger partial charge in [-0.2, -0.15) is 0 Å². The zero-order chi connectivity index (χ0) is 41.1. The summed E-state index contributed by atoms with van der Waals surface area (Å²) >= 11 is 0. The molecule has 2 fully saturated rings. The Morgan fingerprint density at radius 3 is 1.77 bits per heavy atom. The first kappa shape index (κ1) is 35.9. The van der Waals surface area contributed by atoms with Crippen LogP contribution in [0.5, 0.6) is 0 Å². The van der Waals surface area contributed by atoms with Gasteiger partial charge in [0, 0.05) is 38.3 Å². The average Bonchev–Trinajstić information content (AvgIpc) is 3.86. The molecule has 3 aliphatic rings. The smallest absolute Gasteiger partial charge is 0.136 e. The van der Waals surface area contributed by atoms with Crippen molar-refractivity contribution in [3.63, 3.8) is 0 Å². The summed E-state index contributed by atoms with van der Waals surface area (Å²) in [5, 5.41) is 4.94. The highest BCUT2D eigenvalue weighted by Crippen LogP contribution is 2.65. The van der Waals surface area contributed by atoms with Crippen LogP contribution in [0.4, 0.5) is 17.1 Å². The lowest BCUT2D eigenvalue weighted by Gasteiger charge is -2.59. The van der Waals surface area contributed by atoms with Crippen LogP contribution in [0, 0.1) is 23.7 Å². The Hall–Kier alpha value is -6.84. The number of hydrogen-bond acceptors (Lipinski definition) is 2.